The predicted octanol–water partition coefficient (Wildman–Crippen LogP) is 2.57. The minimum atomic E-state index is -0.539. The number of amides is 1. The summed E-state index contributed by atoms with van der Waals surface area (Å²) < 4.78 is 1.69. The number of nitrogens with zero attached hydrogens (tertiary/aromatic N) is 5. The number of hydrogen-bond donors (Lipinski definition) is 2. The first kappa shape index (κ1) is 18.1. The fourth-order valence-electron chi connectivity index (χ4n) is 2.50. The number of anilines is 2. The molecule has 2 heterocycles. The van der Waals surface area contributed by atoms with Crippen molar-refractivity contribution in [1.29, 1.82) is 5.26 Å². The Morgan fingerprint density at radius 2 is 2.00 bits per heavy atom. The van der Waals surface area contributed by atoms with Gasteiger partial charge in [0.25, 0.3) is 5.91 Å². The van der Waals surface area contributed by atoms with E-state index in [1.165, 1.54) is 0 Å². The normalized spacial score (nSPS) is 11.5. The number of hydrogen-bond acceptors (Lipinski definition) is 6. The maximum absolute atomic E-state index is 12.1. The van der Waals surface area contributed by atoms with Crippen molar-refractivity contribution in [2.24, 2.45) is 7.05 Å². The van der Waals surface area contributed by atoms with Gasteiger partial charge in [-0.2, -0.15) is 10.4 Å². The van der Waals surface area contributed by atoms with Crippen LogP contribution >= 0.6 is 0 Å². The fraction of sp³-hybridized carbons (Fsp3) is 0.211. The van der Waals surface area contributed by atoms with Crippen LogP contribution in [0.3, 0.4) is 0 Å². The Bertz CT molecular complexity index is 1000. The Labute approximate surface area is 156 Å². The van der Waals surface area contributed by atoms with Gasteiger partial charge in [-0.05, 0) is 31.5 Å². The molecule has 3 rings (SSSR count). The van der Waals surface area contributed by atoms with Gasteiger partial charge < -0.3 is 10.6 Å². The molecule has 2 N–H and O–H groups in total. The lowest BCUT2D eigenvalue weighted by Crippen LogP contribution is -2.31. The van der Waals surface area contributed by atoms with Crippen LogP contribution in [0.5, 0.6) is 0 Å². The van der Waals surface area contributed by atoms with E-state index in [9.17, 15) is 4.79 Å². The van der Waals surface area contributed by atoms with E-state index in [2.05, 4.69) is 25.7 Å². The van der Waals surface area contributed by atoms with Gasteiger partial charge in [0.1, 0.15) is 6.04 Å². The van der Waals surface area contributed by atoms with Gasteiger partial charge in [-0.3, -0.25) is 9.48 Å². The third-order valence-electron chi connectivity index (χ3n) is 3.89. The maximum atomic E-state index is 12.1. The molecule has 0 spiro atoms. The lowest BCUT2D eigenvalue weighted by Gasteiger charge is -2.10. The molecule has 0 fully saturated rings. The van der Waals surface area contributed by atoms with E-state index in [4.69, 9.17) is 5.26 Å². The Kier molecular flexibility index (Phi) is 5.13. The van der Waals surface area contributed by atoms with Crippen LogP contribution in [0.25, 0.3) is 11.3 Å². The molecule has 0 aliphatic carbocycles. The number of aryl methyl sites for hydroxylation is 2. The molecule has 8 heteroatoms. The van der Waals surface area contributed by atoms with Gasteiger partial charge in [0.15, 0.2) is 0 Å². The van der Waals surface area contributed by atoms with Crippen molar-refractivity contribution < 1.29 is 4.79 Å². The van der Waals surface area contributed by atoms with E-state index < -0.39 is 6.04 Å². The molecule has 136 valence electrons. The summed E-state index contributed by atoms with van der Waals surface area (Å²) in [6, 6.07) is 8.52. The molecule has 3 aromatic rings. The minimum absolute atomic E-state index is 0.283. The highest BCUT2D eigenvalue weighted by Gasteiger charge is 2.11. The third kappa shape index (κ3) is 4.27. The van der Waals surface area contributed by atoms with E-state index in [-0.39, 0.29) is 5.91 Å². The minimum Gasteiger partial charge on any atom is -0.337 e. The number of aromatic nitrogens is 4. The highest BCUT2D eigenvalue weighted by molar-refractivity contribution is 5.95. The van der Waals surface area contributed by atoms with Gasteiger partial charge in [-0.1, -0.05) is 12.1 Å². The van der Waals surface area contributed by atoms with E-state index in [1.807, 2.05) is 38.4 Å². The SMILES string of the molecule is Cc1cnc(Nc2cnn(C)c2)nc1-c1ccc(C(=O)N[C@H](C)C#N)cc1. The summed E-state index contributed by atoms with van der Waals surface area (Å²) in [4.78, 5) is 21.0. The van der Waals surface area contributed by atoms with Crippen molar-refractivity contribution in [1.82, 2.24) is 25.1 Å². The zero-order valence-electron chi connectivity index (χ0n) is 15.3. The van der Waals surface area contributed by atoms with Gasteiger partial charge in [0.05, 0.1) is 23.6 Å². The van der Waals surface area contributed by atoms with Crippen LogP contribution in [0, 0.1) is 18.3 Å². The Balaban J connectivity index is 1.82. The Hall–Kier alpha value is -3.73. The molecule has 0 saturated heterocycles. The van der Waals surface area contributed by atoms with E-state index in [0.717, 1.165) is 22.5 Å². The third-order valence-corrected chi connectivity index (χ3v) is 3.89. The molecule has 0 radical (unpaired) electrons. The van der Waals surface area contributed by atoms with E-state index >= 15 is 0 Å². The summed E-state index contributed by atoms with van der Waals surface area (Å²) in [6.07, 6.45) is 5.27. The molecular formula is C19H19N7O. The van der Waals surface area contributed by atoms with Gasteiger partial charge in [0, 0.05) is 30.6 Å². The monoisotopic (exact) mass is 361 g/mol. The smallest absolute Gasteiger partial charge is 0.252 e. The van der Waals surface area contributed by atoms with Crippen molar-refractivity contribution in [2.75, 3.05) is 5.32 Å². The number of nitriles is 1. The van der Waals surface area contributed by atoms with E-state index in [1.54, 1.807) is 36.1 Å². The van der Waals surface area contributed by atoms with Crippen molar-refractivity contribution in [3.8, 4) is 17.3 Å². The van der Waals surface area contributed by atoms with Crippen molar-refractivity contribution in [3.05, 3.63) is 54.0 Å². The van der Waals surface area contributed by atoms with Crippen molar-refractivity contribution in [3.63, 3.8) is 0 Å². The first-order valence-electron chi connectivity index (χ1n) is 8.36. The van der Waals surface area contributed by atoms with Crippen LogP contribution in [0.2, 0.25) is 0 Å². The summed E-state index contributed by atoms with van der Waals surface area (Å²) in [5.41, 5.74) is 3.84. The number of carbonyl (C=O) groups is 1. The summed E-state index contributed by atoms with van der Waals surface area (Å²) in [5.74, 6) is 0.183. The highest BCUT2D eigenvalue weighted by Crippen LogP contribution is 2.23. The van der Waals surface area contributed by atoms with Crippen molar-refractivity contribution in [2.45, 2.75) is 19.9 Å². The van der Waals surface area contributed by atoms with Crippen LogP contribution in [0.15, 0.2) is 42.9 Å². The first-order chi connectivity index (χ1) is 13.0. The van der Waals surface area contributed by atoms with Crippen LogP contribution in [-0.4, -0.2) is 31.7 Å². The molecule has 0 aliphatic heterocycles. The molecule has 8 nitrogen and oxygen atoms in total. The lowest BCUT2D eigenvalue weighted by molar-refractivity contribution is 0.0948. The average molecular weight is 361 g/mol. The topological polar surface area (TPSA) is 109 Å². The molecule has 0 saturated carbocycles. The largest absolute Gasteiger partial charge is 0.337 e. The Morgan fingerprint density at radius 3 is 2.63 bits per heavy atom. The van der Waals surface area contributed by atoms with Gasteiger partial charge >= 0.3 is 0 Å². The first-order valence-corrected chi connectivity index (χ1v) is 8.36. The molecular weight excluding hydrogens is 342 g/mol. The second-order valence-corrected chi connectivity index (χ2v) is 6.15. The second kappa shape index (κ2) is 7.66. The second-order valence-electron chi connectivity index (χ2n) is 6.15. The zero-order valence-corrected chi connectivity index (χ0v) is 15.3. The number of nitrogens with one attached hydrogen (secondary N) is 2. The summed E-state index contributed by atoms with van der Waals surface area (Å²) in [7, 11) is 1.83. The van der Waals surface area contributed by atoms with Gasteiger partial charge in [0.2, 0.25) is 5.95 Å². The van der Waals surface area contributed by atoms with Gasteiger partial charge in [-0.25, -0.2) is 9.97 Å². The standard InChI is InChI=1S/C19H19N7O/c1-12-9-21-19(24-16-10-22-26(3)11-16)25-17(12)14-4-6-15(7-5-14)18(27)23-13(2)8-20/h4-7,9-11,13H,1-3H3,(H,23,27)(H,21,24,25)/t13-/m1/s1. The zero-order chi connectivity index (χ0) is 19.4. The van der Waals surface area contributed by atoms with Crippen LogP contribution in [-0.2, 0) is 7.05 Å². The molecule has 27 heavy (non-hydrogen) atoms. The molecule has 0 unspecified atom stereocenters. The van der Waals surface area contributed by atoms with E-state index in [0.29, 0.717) is 11.5 Å². The number of carbonyl (C=O) groups excluding carboxylic acids is 1. The molecule has 1 atom stereocenters. The fourth-order valence-corrected chi connectivity index (χ4v) is 2.50. The molecule has 1 amide bonds. The molecule has 0 aliphatic rings. The maximum Gasteiger partial charge on any atom is 0.252 e. The lowest BCUT2D eigenvalue weighted by atomic mass is 10.1. The number of rotatable bonds is 5. The predicted molar refractivity (Wildman–Crippen MR) is 101 cm³/mol. The Morgan fingerprint density at radius 1 is 1.26 bits per heavy atom. The van der Waals surface area contributed by atoms with Crippen LogP contribution in [0.4, 0.5) is 11.6 Å². The summed E-state index contributed by atoms with van der Waals surface area (Å²) in [5, 5.41) is 18.6. The number of benzene rings is 1. The quantitative estimate of drug-likeness (QED) is 0.723. The molecule has 0 bridgehead atoms. The highest BCUT2D eigenvalue weighted by atomic mass is 16.1. The van der Waals surface area contributed by atoms with Gasteiger partial charge in [-0.15, -0.1) is 0 Å². The van der Waals surface area contributed by atoms with Crippen LogP contribution < -0.4 is 10.6 Å². The molecule has 2 aromatic heterocycles. The van der Waals surface area contributed by atoms with Crippen molar-refractivity contribution >= 4 is 17.5 Å². The summed E-state index contributed by atoms with van der Waals surface area (Å²) >= 11 is 0. The summed E-state index contributed by atoms with van der Waals surface area (Å²) in [6.45, 7) is 3.56. The van der Waals surface area contributed by atoms with Crippen LogP contribution in [0.1, 0.15) is 22.8 Å². The molecule has 1 aromatic carbocycles. The average Bonchev–Trinajstić information content (AvgIpc) is 3.08.